The molecule has 1 rings (SSSR count). The molecule has 0 bridgehead atoms. The molecule has 14 heavy (non-hydrogen) atoms. The van der Waals surface area contributed by atoms with Crippen LogP contribution in [-0.4, -0.2) is 32.3 Å². The van der Waals surface area contributed by atoms with Crippen molar-refractivity contribution in [2.24, 2.45) is 0 Å². The molecule has 0 saturated heterocycles. The van der Waals surface area contributed by atoms with Crippen LogP contribution in [-0.2, 0) is 17.3 Å². The summed E-state index contributed by atoms with van der Waals surface area (Å²) in [5.74, 6) is 1.55. The molecule has 0 radical (unpaired) electrons. The molecular formula is C9H17N3OS. The molecule has 1 aromatic heterocycles. The van der Waals surface area contributed by atoms with E-state index in [1.165, 1.54) is 0 Å². The second-order valence-electron chi connectivity index (χ2n) is 3.15. The number of aromatic nitrogens is 2. The van der Waals surface area contributed by atoms with Crippen molar-refractivity contribution in [3.63, 3.8) is 0 Å². The van der Waals surface area contributed by atoms with Gasteiger partial charge in [-0.05, 0) is 6.42 Å². The first-order valence-corrected chi connectivity index (χ1v) is 6.51. The first-order valence-electron chi connectivity index (χ1n) is 4.79. The SMILES string of the molecule is CCCNc1nccn1CCS(C)=O. The Hall–Kier alpha value is -0.840. The second kappa shape index (κ2) is 5.80. The third-order valence-electron chi connectivity index (χ3n) is 1.87. The van der Waals surface area contributed by atoms with Gasteiger partial charge in [-0.15, -0.1) is 0 Å². The summed E-state index contributed by atoms with van der Waals surface area (Å²) in [5.41, 5.74) is 0. The van der Waals surface area contributed by atoms with E-state index in [9.17, 15) is 4.21 Å². The molecule has 0 aromatic carbocycles. The molecule has 5 heteroatoms. The van der Waals surface area contributed by atoms with Crippen molar-refractivity contribution < 1.29 is 4.21 Å². The first-order chi connectivity index (χ1) is 6.74. The van der Waals surface area contributed by atoms with Crippen molar-refractivity contribution >= 4 is 16.7 Å². The monoisotopic (exact) mass is 215 g/mol. The minimum Gasteiger partial charge on any atom is -0.356 e. The molecule has 1 aromatic rings. The molecule has 0 spiro atoms. The van der Waals surface area contributed by atoms with E-state index >= 15 is 0 Å². The van der Waals surface area contributed by atoms with Gasteiger partial charge < -0.3 is 9.88 Å². The van der Waals surface area contributed by atoms with Crippen LogP contribution in [0.15, 0.2) is 12.4 Å². The van der Waals surface area contributed by atoms with Crippen LogP contribution < -0.4 is 5.32 Å². The number of rotatable bonds is 6. The average Bonchev–Trinajstić information content (AvgIpc) is 2.58. The van der Waals surface area contributed by atoms with Gasteiger partial charge in [0.25, 0.3) is 0 Å². The van der Waals surface area contributed by atoms with E-state index in [1.54, 1.807) is 12.5 Å². The van der Waals surface area contributed by atoms with Crippen molar-refractivity contribution in [2.75, 3.05) is 23.9 Å². The van der Waals surface area contributed by atoms with E-state index < -0.39 is 10.8 Å². The third-order valence-corrected chi connectivity index (χ3v) is 2.63. The van der Waals surface area contributed by atoms with Crippen molar-refractivity contribution in [3.05, 3.63) is 12.4 Å². The minimum atomic E-state index is -0.741. The number of imidazole rings is 1. The Bertz CT molecular complexity index is 298. The van der Waals surface area contributed by atoms with E-state index in [-0.39, 0.29) is 0 Å². The number of hydrogen-bond donors (Lipinski definition) is 1. The number of anilines is 1. The maximum atomic E-state index is 10.9. The quantitative estimate of drug-likeness (QED) is 0.772. The number of nitrogens with one attached hydrogen (secondary N) is 1. The van der Waals surface area contributed by atoms with Crippen LogP contribution >= 0.6 is 0 Å². The Morgan fingerprint density at radius 3 is 3.07 bits per heavy atom. The molecular weight excluding hydrogens is 198 g/mol. The molecule has 0 saturated carbocycles. The normalized spacial score (nSPS) is 12.7. The van der Waals surface area contributed by atoms with Gasteiger partial charge in [-0.3, -0.25) is 4.21 Å². The lowest BCUT2D eigenvalue weighted by atomic mass is 10.5. The summed E-state index contributed by atoms with van der Waals surface area (Å²) in [5, 5.41) is 3.22. The number of nitrogens with zero attached hydrogens (tertiary/aromatic N) is 2. The number of hydrogen-bond acceptors (Lipinski definition) is 3. The predicted molar refractivity (Wildman–Crippen MR) is 59.9 cm³/mol. The summed E-state index contributed by atoms with van der Waals surface area (Å²) in [6.45, 7) is 3.79. The largest absolute Gasteiger partial charge is 0.356 e. The van der Waals surface area contributed by atoms with Gasteiger partial charge in [-0.1, -0.05) is 6.92 Å². The Morgan fingerprint density at radius 1 is 1.64 bits per heavy atom. The van der Waals surface area contributed by atoms with Crippen LogP contribution in [0.25, 0.3) is 0 Å². The maximum Gasteiger partial charge on any atom is 0.202 e. The smallest absolute Gasteiger partial charge is 0.202 e. The lowest BCUT2D eigenvalue weighted by Gasteiger charge is -2.07. The van der Waals surface area contributed by atoms with Gasteiger partial charge >= 0.3 is 0 Å². The Kier molecular flexibility index (Phi) is 4.65. The molecule has 0 amide bonds. The fourth-order valence-corrected chi connectivity index (χ4v) is 1.57. The molecule has 0 aliphatic rings. The van der Waals surface area contributed by atoms with Crippen LogP contribution in [0.3, 0.4) is 0 Å². The van der Waals surface area contributed by atoms with E-state index in [1.807, 2.05) is 10.8 Å². The predicted octanol–water partition coefficient (Wildman–Crippen LogP) is 1.08. The van der Waals surface area contributed by atoms with Gasteiger partial charge in [0.2, 0.25) is 5.95 Å². The van der Waals surface area contributed by atoms with E-state index in [2.05, 4.69) is 17.2 Å². The van der Waals surface area contributed by atoms with Crippen molar-refractivity contribution in [1.29, 1.82) is 0 Å². The maximum absolute atomic E-state index is 10.9. The van der Waals surface area contributed by atoms with Crippen LogP contribution in [0.5, 0.6) is 0 Å². The summed E-state index contributed by atoms with van der Waals surface area (Å²) in [4.78, 5) is 4.18. The third kappa shape index (κ3) is 3.49. The van der Waals surface area contributed by atoms with Crippen LogP contribution in [0.4, 0.5) is 5.95 Å². The summed E-state index contributed by atoms with van der Waals surface area (Å²) >= 11 is 0. The highest BCUT2D eigenvalue weighted by Crippen LogP contribution is 2.03. The van der Waals surface area contributed by atoms with Gasteiger partial charge in [-0.25, -0.2) is 4.98 Å². The Morgan fingerprint density at radius 2 is 2.43 bits per heavy atom. The Labute approximate surface area is 87.2 Å². The van der Waals surface area contributed by atoms with E-state index in [0.29, 0.717) is 5.75 Å². The zero-order valence-corrected chi connectivity index (χ0v) is 9.51. The van der Waals surface area contributed by atoms with E-state index in [0.717, 1.165) is 25.5 Å². The van der Waals surface area contributed by atoms with Crippen molar-refractivity contribution in [2.45, 2.75) is 19.9 Å². The summed E-state index contributed by atoms with van der Waals surface area (Å²) < 4.78 is 12.9. The summed E-state index contributed by atoms with van der Waals surface area (Å²) in [6, 6.07) is 0. The van der Waals surface area contributed by atoms with Crippen LogP contribution in [0.1, 0.15) is 13.3 Å². The van der Waals surface area contributed by atoms with Gasteiger partial charge in [-0.2, -0.15) is 0 Å². The van der Waals surface area contributed by atoms with Gasteiger partial charge in [0.15, 0.2) is 0 Å². The molecule has 4 nitrogen and oxygen atoms in total. The molecule has 1 heterocycles. The summed E-state index contributed by atoms with van der Waals surface area (Å²) in [7, 11) is -0.741. The molecule has 0 aliphatic heterocycles. The molecule has 0 fully saturated rings. The standard InChI is InChI=1S/C9H17N3OS/c1-3-4-10-9-11-5-6-12(9)7-8-14(2)13/h5-6H,3-4,7-8H2,1-2H3,(H,10,11). The lowest BCUT2D eigenvalue weighted by molar-refractivity contribution is 0.677. The minimum absolute atomic E-state index is 0.678. The fraction of sp³-hybridized carbons (Fsp3) is 0.667. The van der Waals surface area contributed by atoms with Crippen LogP contribution in [0, 0.1) is 0 Å². The van der Waals surface area contributed by atoms with Crippen molar-refractivity contribution in [3.8, 4) is 0 Å². The molecule has 1 unspecified atom stereocenters. The van der Waals surface area contributed by atoms with Gasteiger partial charge in [0.05, 0.1) is 0 Å². The highest BCUT2D eigenvalue weighted by atomic mass is 32.2. The topological polar surface area (TPSA) is 46.9 Å². The van der Waals surface area contributed by atoms with Gasteiger partial charge in [0, 0.05) is 48.3 Å². The molecule has 1 N–H and O–H groups in total. The number of aryl methyl sites for hydroxylation is 1. The first kappa shape index (κ1) is 11.2. The lowest BCUT2D eigenvalue weighted by Crippen LogP contribution is -2.11. The zero-order valence-electron chi connectivity index (χ0n) is 8.69. The molecule has 0 aliphatic carbocycles. The van der Waals surface area contributed by atoms with E-state index in [4.69, 9.17) is 0 Å². The highest BCUT2D eigenvalue weighted by Gasteiger charge is 2.01. The summed E-state index contributed by atoms with van der Waals surface area (Å²) in [6.07, 6.45) is 6.46. The molecule has 1 atom stereocenters. The fourth-order valence-electron chi connectivity index (χ4n) is 1.12. The second-order valence-corrected chi connectivity index (χ2v) is 4.70. The van der Waals surface area contributed by atoms with Crippen molar-refractivity contribution in [1.82, 2.24) is 9.55 Å². The molecule has 80 valence electrons. The van der Waals surface area contributed by atoms with Gasteiger partial charge in [0.1, 0.15) is 0 Å². The van der Waals surface area contributed by atoms with Crippen LogP contribution in [0.2, 0.25) is 0 Å². The highest BCUT2D eigenvalue weighted by molar-refractivity contribution is 7.84. The Balaban J connectivity index is 2.49. The average molecular weight is 215 g/mol. The zero-order chi connectivity index (χ0) is 10.4.